The maximum atomic E-state index is 12.8. The molecule has 0 spiro atoms. The standard InChI is InChI=1S/C23H25N3O2/c1-16-7-8-18-14-19(22(27)24-21(18)13-16)15-25-9-11-26(12-10-25)23(28)20-6-4-3-5-17(20)2/h3-8,13-14H,9-12,15H2,1-2H3,(H,24,27). The van der Waals surface area contributed by atoms with Gasteiger partial charge in [0, 0.05) is 49.4 Å². The molecule has 0 aliphatic carbocycles. The van der Waals surface area contributed by atoms with Crippen LogP contribution in [0.2, 0.25) is 0 Å². The number of H-pyrrole nitrogens is 1. The highest BCUT2D eigenvalue weighted by atomic mass is 16.2. The zero-order valence-electron chi connectivity index (χ0n) is 16.4. The van der Waals surface area contributed by atoms with E-state index in [-0.39, 0.29) is 11.5 Å². The number of aromatic amines is 1. The SMILES string of the molecule is Cc1ccc2cc(CN3CCN(C(=O)c4ccccc4C)CC3)c(=O)[nH]c2c1. The summed E-state index contributed by atoms with van der Waals surface area (Å²) in [5.41, 5.74) is 4.53. The largest absolute Gasteiger partial charge is 0.336 e. The van der Waals surface area contributed by atoms with E-state index in [4.69, 9.17) is 0 Å². The van der Waals surface area contributed by atoms with Crippen LogP contribution in [0.4, 0.5) is 0 Å². The van der Waals surface area contributed by atoms with Gasteiger partial charge in [0.25, 0.3) is 11.5 Å². The third-order valence-electron chi connectivity index (χ3n) is 5.51. The molecule has 144 valence electrons. The van der Waals surface area contributed by atoms with Gasteiger partial charge in [-0.2, -0.15) is 0 Å². The highest BCUT2D eigenvalue weighted by Crippen LogP contribution is 2.16. The molecular weight excluding hydrogens is 350 g/mol. The Kier molecular flexibility index (Phi) is 5.01. The first-order valence-corrected chi connectivity index (χ1v) is 9.71. The molecule has 1 N–H and O–H groups in total. The van der Waals surface area contributed by atoms with E-state index < -0.39 is 0 Å². The summed E-state index contributed by atoms with van der Waals surface area (Å²) in [6.45, 7) is 7.48. The molecule has 0 bridgehead atoms. The minimum atomic E-state index is -0.0310. The Hall–Kier alpha value is -2.92. The number of nitrogens with one attached hydrogen (secondary N) is 1. The molecule has 1 amide bonds. The average Bonchev–Trinajstić information content (AvgIpc) is 2.69. The van der Waals surface area contributed by atoms with Gasteiger partial charge in [-0.05, 0) is 48.6 Å². The molecule has 1 aliphatic heterocycles. The van der Waals surface area contributed by atoms with Crippen LogP contribution in [0.3, 0.4) is 0 Å². The zero-order valence-corrected chi connectivity index (χ0v) is 16.4. The molecular formula is C23H25N3O2. The van der Waals surface area contributed by atoms with E-state index in [0.717, 1.165) is 46.2 Å². The summed E-state index contributed by atoms with van der Waals surface area (Å²) in [6, 6.07) is 15.8. The van der Waals surface area contributed by atoms with Gasteiger partial charge in [0.15, 0.2) is 0 Å². The number of aromatic nitrogens is 1. The van der Waals surface area contributed by atoms with Crippen molar-refractivity contribution in [3.8, 4) is 0 Å². The van der Waals surface area contributed by atoms with Crippen molar-refractivity contribution in [2.24, 2.45) is 0 Å². The van der Waals surface area contributed by atoms with Crippen LogP contribution in [0.5, 0.6) is 0 Å². The maximum absolute atomic E-state index is 12.8. The number of aryl methyl sites for hydroxylation is 2. The van der Waals surface area contributed by atoms with Crippen molar-refractivity contribution in [2.45, 2.75) is 20.4 Å². The van der Waals surface area contributed by atoms with Gasteiger partial charge < -0.3 is 9.88 Å². The number of rotatable bonds is 3. The van der Waals surface area contributed by atoms with Gasteiger partial charge in [0.05, 0.1) is 0 Å². The number of hydrogen-bond donors (Lipinski definition) is 1. The summed E-state index contributed by atoms with van der Waals surface area (Å²) in [5, 5.41) is 1.05. The minimum Gasteiger partial charge on any atom is -0.336 e. The van der Waals surface area contributed by atoms with Gasteiger partial charge in [-0.3, -0.25) is 14.5 Å². The fraction of sp³-hybridized carbons (Fsp3) is 0.304. The lowest BCUT2D eigenvalue weighted by atomic mass is 10.1. The second kappa shape index (κ2) is 7.60. The normalized spacial score (nSPS) is 15.1. The Morgan fingerprint density at radius 2 is 1.75 bits per heavy atom. The monoisotopic (exact) mass is 375 g/mol. The summed E-state index contributed by atoms with van der Waals surface area (Å²) in [4.78, 5) is 32.4. The fourth-order valence-corrected chi connectivity index (χ4v) is 3.81. The van der Waals surface area contributed by atoms with E-state index >= 15 is 0 Å². The number of hydrogen-bond acceptors (Lipinski definition) is 3. The number of carbonyl (C=O) groups is 1. The summed E-state index contributed by atoms with van der Waals surface area (Å²) >= 11 is 0. The van der Waals surface area contributed by atoms with Crippen LogP contribution in [0.15, 0.2) is 53.3 Å². The van der Waals surface area contributed by atoms with Crippen molar-refractivity contribution in [1.29, 1.82) is 0 Å². The van der Waals surface area contributed by atoms with Gasteiger partial charge >= 0.3 is 0 Å². The summed E-state index contributed by atoms with van der Waals surface area (Å²) < 4.78 is 0. The topological polar surface area (TPSA) is 56.4 Å². The third kappa shape index (κ3) is 3.71. The summed E-state index contributed by atoms with van der Waals surface area (Å²) in [7, 11) is 0. The fourth-order valence-electron chi connectivity index (χ4n) is 3.81. The van der Waals surface area contributed by atoms with Crippen molar-refractivity contribution in [2.75, 3.05) is 26.2 Å². The summed E-state index contributed by atoms with van der Waals surface area (Å²) in [6.07, 6.45) is 0. The van der Waals surface area contributed by atoms with Gasteiger partial charge in [0.2, 0.25) is 0 Å². The molecule has 1 aliphatic rings. The first-order chi connectivity index (χ1) is 13.5. The number of carbonyl (C=O) groups excluding carboxylic acids is 1. The van der Waals surface area contributed by atoms with Crippen LogP contribution in [-0.4, -0.2) is 46.9 Å². The number of piperazine rings is 1. The Morgan fingerprint density at radius 3 is 2.50 bits per heavy atom. The van der Waals surface area contributed by atoms with Crippen molar-refractivity contribution < 1.29 is 4.79 Å². The van der Waals surface area contributed by atoms with Crippen molar-refractivity contribution in [3.63, 3.8) is 0 Å². The number of nitrogens with zero attached hydrogens (tertiary/aromatic N) is 2. The summed E-state index contributed by atoms with van der Waals surface area (Å²) in [5.74, 6) is 0.0941. The zero-order chi connectivity index (χ0) is 19.7. The quantitative estimate of drug-likeness (QED) is 0.765. The van der Waals surface area contributed by atoms with Crippen molar-refractivity contribution in [1.82, 2.24) is 14.8 Å². The number of benzene rings is 2. The van der Waals surface area contributed by atoms with Gasteiger partial charge in [0.1, 0.15) is 0 Å². The predicted molar refractivity (Wildman–Crippen MR) is 112 cm³/mol. The van der Waals surface area contributed by atoms with E-state index in [2.05, 4.69) is 16.0 Å². The minimum absolute atomic E-state index is 0.0310. The number of pyridine rings is 1. The average molecular weight is 375 g/mol. The van der Waals surface area contributed by atoms with Crippen molar-refractivity contribution in [3.05, 3.63) is 81.1 Å². The Bertz CT molecular complexity index is 1080. The van der Waals surface area contributed by atoms with Crippen LogP contribution in [0.1, 0.15) is 27.0 Å². The van der Waals surface area contributed by atoms with Crippen LogP contribution >= 0.6 is 0 Å². The van der Waals surface area contributed by atoms with Crippen LogP contribution in [0, 0.1) is 13.8 Å². The maximum Gasteiger partial charge on any atom is 0.254 e. The molecule has 4 rings (SSSR count). The van der Waals surface area contributed by atoms with E-state index in [1.165, 1.54) is 0 Å². The molecule has 3 aromatic rings. The Morgan fingerprint density at radius 1 is 1.00 bits per heavy atom. The molecule has 0 saturated carbocycles. The number of amides is 1. The smallest absolute Gasteiger partial charge is 0.254 e. The van der Waals surface area contributed by atoms with Gasteiger partial charge in [-0.15, -0.1) is 0 Å². The van der Waals surface area contributed by atoms with Crippen LogP contribution in [-0.2, 0) is 6.54 Å². The molecule has 1 saturated heterocycles. The molecule has 28 heavy (non-hydrogen) atoms. The van der Waals surface area contributed by atoms with Gasteiger partial charge in [-0.1, -0.05) is 30.3 Å². The second-order valence-electron chi connectivity index (χ2n) is 7.60. The lowest BCUT2D eigenvalue weighted by Gasteiger charge is -2.35. The van der Waals surface area contributed by atoms with E-state index in [1.54, 1.807) is 0 Å². The van der Waals surface area contributed by atoms with Gasteiger partial charge in [-0.25, -0.2) is 0 Å². The highest BCUT2D eigenvalue weighted by Gasteiger charge is 2.23. The first kappa shape index (κ1) is 18.4. The lowest BCUT2D eigenvalue weighted by Crippen LogP contribution is -2.48. The van der Waals surface area contributed by atoms with Crippen LogP contribution < -0.4 is 5.56 Å². The predicted octanol–water partition coefficient (Wildman–Crippen LogP) is 3.10. The van der Waals surface area contributed by atoms with E-state index in [1.807, 2.05) is 61.2 Å². The van der Waals surface area contributed by atoms with Crippen LogP contribution in [0.25, 0.3) is 10.9 Å². The molecule has 0 radical (unpaired) electrons. The highest BCUT2D eigenvalue weighted by molar-refractivity contribution is 5.95. The molecule has 0 atom stereocenters. The second-order valence-corrected chi connectivity index (χ2v) is 7.60. The molecule has 1 fully saturated rings. The van der Waals surface area contributed by atoms with Crippen molar-refractivity contribution >= 4 is 16.8 Å². The molecule has 5 heteroatoms. The first-order valence-electron chi connectivity index (χ1n) is 9.71. The molecule has 1 aromatic heterocycles. The molecule has 2 aromatic carbocycles. The Labute approximate surface area is 164 Å². The molecule has 2 heterocycles. The lowest BCUT2D eigenvalue weighted by molar-refractivity contribution is 0.0627. The molecule has 0 unspecified atom stereocenters. The van der Waals surface area contributed by atoms with E-state index in [9.17, 15) is 9.59 Å². The number of fused-ring (bicyclic) bond motifs is 1. The molecule has 5 nitrogen and oxygen atoms in total. The Balaban J connectivity index is 1.43. The van der Waals surface area contributed by atoms with E-state index in [0.29, 0.717) is 19.6 Å². The third-order valence-corrected chi connectivity index (χ3v) is 5.51.